The van der Waals surface area contributed by atoms with Gasteiger partial charge in [-0.2, -0.15) is 0 Å². The van der Waals surface area contributed by atoms with Crippen LogP contribution in [0.5, 0.6) is 5.75 Å². The Morgan fingerprint density at radius 2 is 1.56 bits per heavy atom. The second kappa shape index (κ2) is 11.1. The van der Waals surface area contributed by atoms with Crippen LogP contribution in [-0.2, 0) is 35.0 Å². The van der Waals surface area contributed by atoms with E-state index < -0.39 is 35.9 Å². The van der Waals surface area contributed by atoms with Crippen molar-refractivity contribution >= 4 is 40.5 Å². The van der Waals surface area contributed by atoms with Crippen molar-refractivity contribution in [3.63, 3.8) is 0 Å². The van der Waals surface area contributed by atoms with Crippen molar-refractivity contribution in [2.45, 2.75) is 58.8 Å². The van der Waals surface area contributed by atoms with E-state index in [1.807, 2.05) is 18.2 Å². The summed E-state index contributed by atoms with van der Waals surface area (Å²) in [5.74, 6) is -1.39. The molecule has 1 aliphatic heterocycles. The van der Waals surface area contributed by atoms with Crippen molar-refractivity contribution < 1.29 is 38.1 Å². The smallest absolute Gasteiger partial charge is 0.457 e. The van der Waals surface area contributed by atoms with E-state index in [9.17, 15) is 19.2 Å². The first-order valence-electron chi connectivity index (χ1n) is 12.6. The minimum atomic E-state index is -1.24. The van der Waals surface area contributed by atoms with Crippen LogP contribution in [0.25, 0.3) is 10.8 Å². The molecule has 1 heterocycles. The number of esters is 2. The highest BCUT2D eigenvalue weighted by atomic mass is 16.7. The highest BCUT2D eigenvalue weighted by Crippen LogP contribution is 2.40. The molecular weight excluding hydrogens is 502 g/mol. The fourth-order valence-corrected chi connectivity index (χ4v) is 4.53. The number of nitrogens with zero attached hydrogens (tertiary/aromatic N) is 1. The van der Waals surface area contributed by atoms with Gasteiger partial charge in [-0.3, -0.25) is 9.59 Å². The minimum Gasteiger partial charge on any atom is -0.457 e. The van der Waals surface area contributed by atoms with Crippen molar-refractivity contribution in [2.24, 2.45) is 0 Å². The summed E-state index contributed by atoms with van der Waals surface area (Å²) in [6, 6.07) is 17.5. The molecule has 9 nitrogen and oxygen atoms in total. The molecule has 4 rings (SSSR count). The lowest BCUT2D eigenvalue weighted by atomic mass is 9.93. The number of rotatable bonds is 5. The van der Waals surface area contributed by atoms with Crippen LogP contribution in [0.15, 0.2) is 60.7 Å². The van der Waals surface area contributed by atoms with Crippen LogP contribution in [0.1, 0.15) is 51.8 Å². The van der Waals surface area contributed by atoms with E-state index in [1.54, 1.807) is 63.2 Å². The molecular formula is C30H31NO8. The molecule has 0 saturated heterocycles. The number of benzene rings is 3. The maximum absolute atomic E-state index is 13.2. The predicted molar refractivity (Wildman–Crippen MR) is 143 cm³/mol. The predicted octanol–water partition coefficient (Wildman–Crippen LogP) is 5.28. The first-order valence-corrected chi connectivity index (χ1v) is 12.6. The molecule has 39 heavy (non-hydrogen) atoms. The van der Waals surface area contributed by atoms with Gasteiger partial charge < -0.3 is 23.8 Å². The molecule has 0 spiro atoms. The third-order valence-electron chi connectivity index (χ3n) is 6.05. The van der Waals surface area contributed by atoms with Gasteiger partial charge in [0.25, 0.3) is 0 Å². The first kappa shape index (κ1) is 27.6. The molecule has 3 aromatic carbocycles. The molecule has 0 fully saturated rings. The van der Waals surface area contributed by atoms with Crippen molar-refractivity contribution in [3.8, 4) is 5.75 Å². The zero-order valence-corrected chi connectivity index (χ0v) is 22.6. The Kier molecular flexibility index (Phi) is 7.90. The van der Waals surface area contributed by atoms with Crippen LogP contribution >= 0.6 is 0 Å². The number of hydrogen-bond donors (Lipinski definition) is 0. The molecule has 0 radical (unpaired) electrons. The molecule has 204 valence electrons. The van der Waals surface area contributed by atoms with E-state index in [0.717, 1.165) is 10.9 Å². The minimum absolute atomic E-state index is 0.0693. The molecule has 0 bridgehead atoms. The molecule has 1 aliphatic rings. The van der Waals surface area contributed by atoms with Crippen LogP contribution in [0.3, 0.4) is 0 Å². The summed E-state index contributed by atoms with van der Waals surface area (Å²) < 4.78 is 22.0. The quantitative estimate of drug-likeness (QED) is 0.248. The van der Waals surface area contributed by atoms with E-state index in [-0.39, 0.29) is 18.2 Å². The van der Waals surface area contributed by atoms with Gasteiger partial charge in [-0.05, 0) is 31.7 Å². The average molecular weight is 534 g/mol. The molecule has 0 unspecified atom stereocenters. The van der Waals surface area contributed by atoms with Crippen LogP contribution < -0.4 is 9.64 Å². The van der Waals surface area contributed by atoms with Gasteiger partial charge in [0.1, 0.15) is 17.5 Å². The van der Waals surface area contributed by atoms with E-state index in [2.05, 4.69) is 0 Å². The highest BCUT2D eigenvalue weighted by molar-refractivity contribution is 6.02. The summed E-state index contributed by atoms with van der Waals surface area (Å²) in [6.45, 7) is 7.91. The van der Waals surface area contributed by atoms with E-state index in [4.69, 9.17) is 18.9 Å². The van der Waals surface area contributed by atoms with Crippen LogP contribution in [0.2, 0.25) is 0 Å². The number of anilines is 1. The lowest BCUT2D eigenvalue weighted by molar-refractivity contribution is -0.171. The third kappa shape index (κ3) is 6.54. The van der Waals surface area contributed by atoms with Crippen molar-refractivity contribution in [2.75, 3.05) is 11.4 Å². The monoisotopic (exact) mass is 533 g/mol. The number of carbonyl (C=O) groups excluding carboxylic acids is 4. The molecule has 2 atom stereocenters. The molecule has 9 heteroatoms. The number of ether oxygens (including phenoxy) is 4. The van der Waals surface area contributed by atoms with Crippen LogP contribution in [-0.4, -0.2) is 42.3 Å². The van der Waals surface area contributed by atoms with Gasteiger partial charge in [0.2, 0.25) is 12.0 Å². The summed E-state index contributed by atoms with van der Waals surface area (Å²) in [5, 5.41) is 1.37. The van der Waals surface area contributed by atoms with Gasteiger partial charge in [-0.15, -0.1) is 0 Å². The Balaban J connectivity index is 1.68. The first-order chi connectivity index (χ1) is 18.4. The van der Waals surface area contributed by atoms with E-state index >= 15 is 0 Å². The largest absolute Gasteiger partial charge is 0.514 e. The van der Waals surface area contributed by atoms with E-state index in [0.29, 0.717) is 23.1 Å². The van der Waals surface area contributed by atoms with Gasteiger partial charge in [0, 0.05) is 37.3 Å². The molecule has 3 aromatic rings. The van der Waals surface area contributed by atoms with Gasteiger partial charge in [-0.1, -0.05) is 54.6 Å². The highest BCUT2D eigenvalue weighted by Gasteiger charge is 2.35. The molecule has 1 amide bonds. The van der Waals surface area contributed by atoms with Gasteiger partial charge in [0.15, 0.2) is 0 Å². The maximum atomic E-state index is 13.2. The maximum Gasteiger partial charge on any atom is 0.514 e. The Hall–Kier alpha value is -4.40. The van der Waals surface area contributed by atoms with Gasteiger partial charge in [-0.25, -0.2) is 9.59 Å². The lowest BCUT2D eigenvalue weighted by Crippen LogP contribution is -2.44. The zero-order chi connectivity index (χ0) is 28.3. The molecule has 0 aromatic heterocycles. The summed E-state index contributed by atoms with van der Waals surface area (Å²) in [7, 11) is 0. The Labute approximate surface area is 226 Å². The Morgan fingerprint density at radius 3 is 2.18 bits per heavy atom. The van der Waals surface area contributed by atoms with Gasteiger partial charge >= 0.3 is 18.1 Å². The fourth-order valence-electron chi connectivity index (χ4n) is 4.53. The zero-order valence-electron chi connectivity index (χ0n) is 22.6. The van der Waals surface area contributed by atoms with Crippen molar-refractivity contribution in [1.29, 1.82) is 0 Å². The topological polar surface area (TPSA) is 108 Å². The lowest BCUT2D eigenvalue weighted by Gasteiger charge is -2.35. The summed E-state index contributed by atoms with van der Waals surface area (Å²) in [4.78, 5) is 51.6. The average Bonchev–Trinajstić information content (AvgIpc) is 2.86. The second-order valence-corrected chi connectivity index (χ2v) is 10.3. The normalized spacial score (nSPS) is 15.6. The fraction of sp³-hybridized carbons (Fsp3) is 0.333. The number of amides is 1. The Bertz CT molecular complexity index is 1410. The molecule has 0 N–H and O–H groups in total. The van der Waals surface area contributed by atoms with Crippen LogP contribution in [0.4, 0.5) is 10.5 Å². The third-order valence-corrected chi connectivity index (χ3v) is 6.05. The summed E-state index contributed by atoms with van der Waals surface area (Å²) >= 11 is 0. The summed E-state index contributed by atoms with van der Waals surface area (Å²) in [6.07, 6.45) is -2.52. The van der Waals surface area contributed by atoms with E-state index in [1.165, 1.54) is 18.7 Å². The van der Waals surface area contributed by atoms with Crippen LogP contribution in [0, 0.1) is 0 Å². The Morgan fingerprint density at radius 1 is 0.923 bits per heavy atom. The standard InChI is InChI=1S/C30H31NO8/c1-18(32)31-17-21(37-28(34)27(36-19(2)33)20-11-7-6-8-12-20)15-24-22-13-9-10-14-23(22)26(16-25(24)31)38-29(35)39-30(3,4)5/h6-14,16,21,27H,15,17H2,1-5H3/t21-,27+/m0/s1. The van der Waals surface area contributed by atoms with Crippen molar-refractivity contribution in [3.05, 3.63) is 71.8 Å². The van der Waals surface area contributed by atoms with Gasteiger partial charge in [0.05, 0.1) is 12.2 Å². The molecule has 0 saturated carbocycles. The molecule has 0 aliphatic carbocycles. The summed E-state index contributed by atoms with van der Waals surface area (Å²) in [5.41, 5.74) is 1.04. The number of fused-ring (bicyclic) bond motifs is 3. The second-order valence-electron chi connectivity index (χ2n) is 10.3. The number of carbonyl (C=O) groups is 4. The number of hydrogen-bond acceptors (Lipinski definition) is 8. The SMILES string of the molecule is CC(=O)O[C@@H](C(=O)O[C@H]1Cc2c(cc(OC(=O)OC(C)(C)C)c3ccccc23)N(C(C)=O)C1)c1ccccc1. The van der Waals surface area contributed by atoms with Crippen molar-refractivity contribution in [1.82, 2.24) is 0 Å².